The molecule has 1 unspecified atom stereocenters. The third-order valence-corrected chi connectivity index (χ3v) is 6.82. The third-order valence-electron chi connectivity index (χ3n) is 5.50. The number of aromatic hydroxyl groups is 2. The number of rotatable bonds is 17. The van der Waals surface area contributed by atoms with Gasteiger partial charge in [-0.05, 0) is 43.4 Å². The van der Waals surface area contributed by atoms with Crippen molar-refractivity contribution in [1.82, 2.24) is 0 Å². The zero-order chi connectivity index (χ0) is 21.5. The van der Waals surface area contributed by atoms with Gasteiger partial charge >= 0.3 is 0 Å². The smallest absolute Gasteiger partial charge is 0.267 e. The van der Waals surface area contributed by atoms with Gasteiger partial charge < -0.3 is 10.2 Å². The van der Waals surface area contributed by atoms with E-state index in [1.165, 1.54) is 31.7 Å². The van der Waals surface area contributed by atoms with Gasteiger partial charge in [-0.15, -0.1) is 0 Å². The summed E-state index contributed by atoms with van der Waals surface area (Å²) in [5.41, 5.74) is 0.973. The molecule has 0 heterocycles. The van der Waals surface area contributed by atoms with E-state index in [0.29, 0.717) is 12.8 Å². The summed E-state index contributed by atoms with van der Waals surface area (Å²) >= 11 is 0. The minimum atomic E-state index is -3.91. The van der Waals surface area contributed by atoms with E-state index in [2.05, 4.69) is 6.92 Å². The van der Waals surface area contributed by atoms with Crippen LogP contribution in [-0.4, -0.2) is 28.4 Å². The first-order valence-electron chi connectivity index (χ1n) is 11.3. The van der Waals surface area contributed by atoms with Crippen molar-refractivity contribution in [2.45, 2.75) is 108 Å². The van der Waals surface area contributed by atoms with Crippen molar-refractivity contribution in [3.8, 4) is 11.5 Å². The van der Waals surface area contributed by atoms with Gasteiger partial charge in [0, 0.05) is 6.07 Å². The fraction of sp³-hybridized carbons (Fsp3) is 0.739. The van der Waals surface area contributed by atoms with Crippen molar-refractivity contribution in [2.75, 3.05) is 0 Å². The van der Waals surface area contributed by atoms with Gasteiger partial charge in [-0.25, -0.2) is 0 Å². The number of phenolic OH excluding ortho intramolecular Hbond substituents is 2. The molecule has 0 saturated heterocycles. The van der Waals surface area contributed by atoms with Gasteiger partial charge in [0.1, 0.15) is 11.5 Å². The average Bonchev–Trinajstić information content (AvgIpc) is 2.63. The predicted molar refractivity (Wildman–Crippen MR) is 119 cm³/mol. The van der Waals surface area contributed by atoms with Gasteiger partial charge in [0.2, 0.25) is 0 Å². The fourth-order valence-corrected chi connectivity index (χ4v) is 4.73. The Morgan fingerprint density at radius 3 is 1.66 bits per heavy atom. The molecule has 1 rings (SSSR count). The van der Waals surface area contributed by atoms with Gasteiger partial charge in [0.25, 0.3) is 10.1 Å². The molecule has 0 radical (unpaired) electrons. The van der Waals surface area contributed by atoms with Crippen LogP contribution in [0.15, 0.2) is 18.2 Å². The molecule has 1 aromatic rings. The molecule has 0 spiro atoms. The molecule has 0 fully saturated rings. The minimum Gasteiger partial charge on any atom is -0.508 e. The van der Waals surface area contributed by atoms with Crippen molar-refractivity contribution in [3.05, 3.63) is 23.8 Å². The number of phenols is 2. The summed E-state index contributed by atoms with van der Waals surface area (Å²) in [5.74, 6) is 0.229. The minimum absolute atomic E-state index is 0.115. The van der Waals surface area contributed by atoms with E-state index >= 15 is 0 Å². The van der Waals surface area contributed by atoms with E-state index in [1.54, 1.807) is 12.1 Å². The Bertz CT molecular complexity index is 637. The van der Waals surface area contributed by atoms with Gasteiger partial charge in [-0.3, -0.25) is 4.55 Å². The number of hydrogen-bond acceptors (Lipinski definition) is 4. The van der Waals surface area contributed by atoms with Crippen molar-refractivity contribution in [2.24, 2.45) is 0 Å². The number of unbranched alkanes of at least 4 members (excludes halogenated alkanes) is 10. The lowest BCUT2D eigenvalue weighted by atomic mass is 10.0. The number of hydrogen-bond donors (Lipinski definition) is 3. The molecule has 5 nitrogen and oxygen atoms in total. The highest BCUT2D eigenvalue weighted by molar-refractivity contribution is 7.86. The molecule has 0 aromatic heterocycles. The summed E-state index contributed by atoms with van der Waals surface area (Å²) in [6, 6.07) is 4.76. The zero-order valence-electron chi connectivity index (χ0n) is 18.0. The average molecular weight is 429 g/mol. The van der Waals surface area contributed by atoms with Crippen LogP contribution < -0.4 is 0 Å². The van der Waals surface area contributed by atoms with Gasteiger partial charge in [0.05, 0.1) is 5.25 Å². The lowest BCUT2D eigenvalue weighted by molar-refractivity contribution is 0.443. The van der Waals surface area contributed by atoms with Gasteiger partial charge in [-0.2, -0.15) is 8.42 Å². The molecule has 0 aliphatic rings. The highest BCUT2D eigenvalue weighted by Crippen LogP contribution is 2.22. The van der Waals surface area contributed by atoms with E-state index < -0.39 is 15.4 Å². The SMILES string of the molecule is CCCCCC(CCCCCCCCCCCc1cc(O)cc(O)c1)S(=O)(=O)O. The normalized spacial score (nSPS) is 12.9. The number of benzene rings is 1. The first-order chi connectivity index (χ1) is 13.8. The maximum absolute atomic E-state index is 11.5. The summed E-state index contributed by atoms with van der Waals surface area (Å²) in [4.78, 5) is 0. The van der Waals surface area contributed by atoms with Crippen LogP contribution in [0.25, 0.3) is 0 Å². The molecule has 0 aliphatic carbocycles. The molecule has 1 atom stereocenters. The Kier molecular flexibility index (Phi) is 13.0. The first kappa shape index (κ1) is 25.8. The maximum atomic E-state index is 11.5. The van der Waals surface area contributed by atoms with Crippen LogP contribution in [0.4, 0.5) is 0 Å². The van der Waals surface area contributed by atoms with E-state index in [1.807, 2.05) is 0 Å². The van der Waals surface area contributed by atoms with Gasteiger partial charge in [0.15, 0.2) is 0 Å². The molecule has 168 valence electrons. The number of aryl methyl sites for hydroxylation is 1. The summed E-state index contributed by atoms with van der Waals surface area (Å²) in [6.45, 7) is 2.09. The molecule has 29 heavy (non-hydrogen) atoms. The second kappa shape index (κ2) is 14.7. The van der Waals surface area contributed by atoms with E-state index in [-0.39, 0.29) is 11.5 Å². The molecule has 3 N–H and O–H groups in total. The summed E-state index contributed by atoms with van der Waals surface area (Å²) < 4.78 is 32.3. The zero-order valence-corrected chi connectivity index (χ0v) is 18.8. The van der Waals surface area contributed by atoms with Crippen molar-refractivity contribution >= 4 is 10.1 Å². The van der Waals surface area contributed by atoms with Crippen molar-refractivity contribution < 1.29 is 23.2 Å². The monoisotopic (exact) mass is 428 g/mol. The molecule has 0 aliphatic heterocycles. The molecular weight excluding hydrogens is 388 g/mol. The van der Waals surface area contributed by atoms with Crippen LogP contribution >= 0.6 is 0 Å². The Labute approximate surface area is 177 Å². The molecule has 0 bridgehead atoms. The third kappa shape index (κ3) is 12.8. The topological polar surface area (TPSA) is 94.8 Å². The Hall–Kier alpha value is -1.27. The van der Waals surface area contributed by atoms with Crippen LogP contribution in [0.5, 0.6) is 11.5 Å². The van der Waals surface area contributed by atoms with Crippen LogP contribution in [0.2, 0.25) is 0 Å². The Morgan fingerprint density at radius 2 is 1.17 bits per heavy atom. The second-order valence-electron chi connectivity index (χ2n) is 8.21. The Balaban J connectivity index is 2.01. The maximum Gasteiger partial charge on any atom is 0.267 e. The second-order valence-corrected chi connectivity index (χ2v) is 9.91. The van der Waals surface area contributed by atoms with Crippen LogP contribution in [0.3, 0.4) is 0 Å². The largest absolute Gasteiger partial charge is 0.508 e. The highest BCUT2D eigenvalue weighted by Gasteiger charge is 2.21. The lowest BCUT2D eigenvalue weighted by Gasteiger charge is -2.13. The molecule has 0 amide bonds. The van der Waals surface area contributed by atoms with Crippen LogP contribution in [-0.2, 0) is 16.5 Å². The first-order valence-corrected chi connectivity index (χ1v) is 12.8. The van der Waals surface area contributed by atoms with Crippen molar-refractivity contribution in [3.63, 3.8) is 0 Å². The quantitative estimate of drug-likeness (QED) is 0.198. The Morgan fingerprint density at radius 1 is 0.724 bits per heavy atom. The van der Waals surface area contributed by atoms with E-state index in [0.717, 1.165) is 63.4 Å². The summed E-state index contributed by atoms with van der Waals surface area (Å²) in [7, 11) is -3.91. The molecule has 0 saturated carbocycles. The summed E-state index contributed by atoms with van der Waals surface area (Å²) in [5, 5.41) is 18.4. The lowest BCUT2D eigenvalue weighted by Crippen LogP contribution is -2.20. The fourth-order valence-electron chi connectivity index (χ4n) is 3.80. The highest BCUT2D eigenvalue weighted by atomic mass is 32.2. The van der Waals surface area contributed by atoms with E-state index in [4.69, 9.17) is 0 Å². The van der Waals surface area contributed by atoms with Crippen LogP contribution in [0.1, 0.15) is 102 Å². The predicted octanol–water partition coefficient (Wildman–Crippen LogP) is 6.38. The van der Waals surface area contributed by atoms with Gasteiger partial charge in [-0.1, -0.05) is 77.6 Å². The van der Waals surface area contributed by atoms with Crippen molar-refractivity contribution in [1.29, 1.82) is 0 Å². The molecule has 1 aromatic carbocycles. The standard InChI is InChI=1S/C23H40O5S/c1-2-3-11-15-23(29(26,27)28)16-13-10-8-6-4-5-7-9-12-14-20-17-21(24)19-22(25)18-20/h17-19,23-25H,2-16H2,1H3,(H,26,27,28). The molecular formula is C23H40O5S. The van der Waals surface area contributed by atoms with E-state index in [9.17, 15) is 23.2 Å². The molecule has 6 heteroatoms. The van der Waals surface area contributed by atoms with Crippen LogP contribution in [0, 0.1) is 0 Å². The summed E-state index contributed by atoms with van der Waals surface area (Å²) in [6.07, 6.45) is 14.9.